The molecule has 6 heteroatoms. The standard InChI is InChI=1S/C14H11N3O2S/c1-7-3-2-4-8-5-9(12(18)16-11(7)8)6-10-13(19)17-14(15)20-10/h2-6,19H,1H3,(H2,15,17)/b9-6+. The van der Waals surface area contributed by atoms with Crippen molar-refractivity contribution in [2.75, 3.05) is 5.73 Å². The van der Waals surface area contributed by atoms with Crippen LogP contribution in [0.15, 0.2) is 28.8 Å². The van der Waals surface area contributed by atoms with E-state index in [1.54, 1.807) is 12.2 Å². The molecule has 1 amide bonds. The molecule has 100 valence electrons. The molecule has 3 rings (SSSR count). The third-order valence-corrected chi connectivity index (χ3v) is 3.80. The minimum absolute atomic E-state index is 0.170. The minimum Gasteiger partial charge on any atom is -0.492 e. The van der Waals surface area contributed by atoms with Crippen LogP contribution in [-0.4, -0.2) is 16.0 Å². The molecule has 0 spiro atoms. The number of hydrogen-bond acceptors (Lipinski definition) is 5. The number of thiazole rings is 1. The van der Waals surface area contributed by atoms with Crippen LogP contribution in [0.5, 0.6) is 5.88 Å². The molecule has 0 atom stereocenters. The van der Waals surface area contributed by atoms with Crippen molar-refractivity contribution in [3.05, 3.63) is 44.8 Å². The van der Waals surface area contributed by atoms with E-state index in [0.717, 1.165) is 22.1 Å². The highest BCUT2D eigenvalue weighted by Gasteiger charge is 2.14. The highest BCUT2D eigenvalue weighted by Crippen LogP contribution is 2.28. The molecule has 1 aliphatic rings. The number of para-hydroxylation sites is 1. The second-order valence-corrected chi connectivity index (χ2v) is 5.48. The first-order chi connectivity index (χ1) is 9.54. The van der Waals surface area contributed by atoms with Gasteiger partial charge in [-0.05, 0) is 24.6 Å². The number of nitrogen functional groups attached to an aromatic ring is 1. The van der Waals surface area contributed by atoms with Crippen molar-refractivity contribution in [2.24, 2.45) is 4.99 Å². The number of carbonyl (C=O) groups excluding carboxylic acids is 1. The van der Waals surface area contributed by atoms with Crippen molar-refractivity contribution in [1.29, 1.82) is 0 Å². The molecular formula is C14H11N3O2S. The number of fused-ring (bicyclic) bond motifs is 1. The first kappa shape index (κ1) is 12.6. The Hall–Kier alpha value is -2.47. The fourth-order valence-electron chi connectivity index (χ4n) is 2.03. The van der Waals surface area contributed by atoms with Crippen LogP contribution in [0.3, 0.4) is 0 Å². The largest absolute Gasteiger partial charge is 0.492 e. The highest BCUT2D eigenvalue weighted by atomic mass is 32.1. The van der Waals surface area contributed by atoms with E-state index in [-0.39, 0.29) is 16.9 Å². The summed E-state index contributed by atoms with van der Waals surface area (Å²) in [6.45, 7) is 1.91. The van der Waals surface area contributed by atoms with Gasteiger partial charge < -0.3 is 10.8 Å². The Kier molecular flexibility index (Phi) is 2.87. The summed E-state index contributed by atoms with van der Waals surface area (Å²) in [6.07, 6.45) is 3.31. The lowest BCUT2D eigenvalue weighted by Gasteiger charge is -2.04. The van der Waals surface area contributed by atoms with E-state index in [4.69, 9.17) is 5.73 Å². The van der Waals surface area contributed by atoms with Gasteiger partial charge in [0.25, 0.3) is 5.91 Å². The number of nitrogens with two attached hydrogens (primary N) is 1. The van der Waals surface area contributed by atoms with Gasteiger partial charge in [-0.1, -0.05) is 29.5 Å². The van der Waals surface area contributed by atoms with Gasteiger partial charge >= 0.3 is 0 Å². The first-order valence-corrected chi connectivity index (χ1v) is 6.73. The number of nitrogens with zero attached hydrogens (tertiary/aromatic N) is 2. The molecule has 0 unspecified atom stereocenters. The van der Waals surface area contributed by atoms with Gasteiger partial charge in [-0.25, -0.2) is 4.99 Å². The first-order valence-electron chi connectivity index (χ1n) is 5.92. The molecule has 0 saturated heterocycles. The lowest BCUT2D eigenvalue weighted by atomic mass is 10.1. The zero-order chi connectivity index (χ0) is 14.3. The fraction of sp³-hybridized carbons (Fsp3) is 0.0714. The van der Waals surface area contributed by atoms with E-state index in [1.165, 1.54) is 0 Å². The minimum atomic E-state index is -0.335. The number of aromatic nitrogens is 1. The number of aromatic hydroxyl groups is 1. The van der Waals surface area contributed by atoms with Crippen LogP contribution in [0.25, 0.3) is 12.2 Å². The zero-order valence-corrected chi connectivity index (χ0v) is 11.4. The predicted octanol–water partition coefficient (Wildman–Crippen LogP) is 0.763. The molecule has 3 N–H and O–H groups in total. The average Bonchev–Trinajstić information content (AvgIpc) is 2.70. The molecule has 20 heavy (non-hydrogen) atoms. The van der Waals surface area contributed by atoms with Gasteiger partial charge in [-0.15, -0.1) is 0 Å². The summed E-state index contributed by atoms with van der Waals surface area (Å²) in [5.74, 6) is -0.505. The van der Waals surface area contributed by atoms with Gasteiger partial charge in [0.2, 0.25) is 5.88 Å². The van der Waals surface area contributed by atoms with Gasteiger partial charge in [0.1, 0.15) is 0 Å². The smallest absolute Gasteiger partial charge is 0.277 e. The van der Waals surface area contributed by atoms with Crippen LogP contribution in [0, 0.1) is 6.92 Å². The van der Waals surface area contributed by atoms with Gasteiger partial charge in [0, 0.05) is 10.8 Å². The number of aryl methyl sites for hydroxylation is 1. The maximum Gasteiger partial charge on any atom is 0.277 e. The lowest BCUT2D eigenvalue weighted by Crippen LogP contribution is -2.32. The van der Waals surface area contributed by atoms with E-state index in [1.807, 2.05) is 25.1 Å². The monoisotopic (exact) mass is 285 g/mol. The summed E-state index contributed by atoms with van der Waals surface area (Å²) >= 11 is 1.12. The molecular weight excluding hydrogens is 274 g/mol. The topological polar surface area (TPSA) is 88.6 Å². The molecule has 1 aromatic heterocycles. The van der Waals surface area contributed by atoms with Gasteiger partial charge in [-0.3, -0.25) is 4.79 Å². The molecule has 0 radical (unpaired) electrons. The Morgan fingerprint density at radius 1 is 1.40 bits per heavy atom. The molecule has 0 saturated carbocycles. The molecule has 1 aromatic carbocycles. The summed E-state index contributed by atoms with van der Waals surface area (Å²) in [5.41, 5.74) is 6.87. The average molecular weight is 285 g/mol. The number of carbonyl (C=O) groups is 1. The van der Waals surface area contributed by atoms with Gasteiger partial charge in [0.15, 0.2) is 5.13 Å². The Balaban J connectivity index is 2.18. The Morgan fingerprint density at radius 3 is 2.90 bits per heavy atom. The summed E-state index contributed by atoms with van der Waals surface area (Å²) in [7, 11) is 0. The maximum atomic E-state index is 12.0. The Bertz CT molecular complexity index is 865. The summed E-state index contributed by atoms with van der Waals surface area (Å²) in [6, 6.07) is 5.72. The van der Waals surface area contributed by atoms with Crippen LogP contribution < -0.4 is 16.3 Å². The van der Waals surface area contributed by atoms with E-state index >= 15 is 0 Å². The van der Waals surface area contributed by atoms with Gasteiger partial charge in [0.05, 0.1) is 10.2 Å². The summed E-state index contributed by atoms with van der Waals surface area (Å²) < 4.78 is 0. The van der Waals surface area contributed by atoms with Crippen molar-refractivity contribution < 1.29 is 9.90 Å². The van der Waals surface area contributed by atoms with E-state index in [9.17, 15) is 9.90 Å². The normalized spacial score (nSPS) is 15.7. The van der Waals surface area contributed by atoms with E-state index in [2.05, 4.69) is 9.98 Å². The number of rotatable bonds is 1. The quantitative estimate of drug-likeness (QED) is 0.757. The molecule has 5 nitrogen and oxygen atoms in total. The van der Waals surface area contributed by atoms with Crippen LogP contribution in [0.1, 0.15) is 10.4 Å². The van der Waals surface area contributed by atoms with E-state index < -0.39 is 0 Å². The second kappa shape index (κ2) is 4.57. The van der Waals surface area contributed by atoms with Crippen molar-refractivity contribution in [1.82, 2.24) is 4.98 Å². The SMILES string of the molecule is Cc1cccc2c1=NC(=O)/C(=C/c1sc(N)nc1O)C=2. The van der Waals surface area contributed by atoms with Crippen LogP contribution in [-0.2, 0) is 4.79 Å². The lowest BCUT2D eigenvalue weighted by molar-refractivity contribution is -0.114. The molecule has 1 aliphatic heterocycles. The molecule has 0 aliphatic carbocycles. The Morgan fingerprint density at radius 2 is 2.20 bits per heavy atom. The second-order valence-electron chi connectivity index (χ2n) is 4.41. The van der Waals surface area contributed by atoms with Crippen LogP contribution in [0.2, 0.25) is 0 Å². The number of amides is 1. The third-order valence-electron chi connectivity index (χ3n) is 2.98. The van der Waals surface area contributed by atoms with Crippen LogP contribution in [0.4, 0.5) is 5.13 Å². The van der Waals surface area contributed by atoms with Gasteiger partial charge in [-0.2, -0.15) is 4.98 Å². The Labute approximate surface area is 118 Å². The van der Waals surface area contributed by atoms with Crippen molar-refractivity contribution >= 4 is 34.5 Å². The van der Waals surface area contributed by atoms with E-state index in [0.29, 0.717) is 15.8 Å². The van der Waals surface area contributed by atoms with Crippen molar-refractivity contribution in [3.63, 3.8) is 0 Å². The molecule has 2 aromatic rings. The van der Waals surface area contributed by atoms with Crippen molar-refractivity contribution in [2.45, 2.75) is 6.92 Å². The van der Waals surface area contributed by atoms with Crippen LogP contribution >= 0.6 is 11.3 Å². The number of benzene rings is 1. The maximum absolute atomic E-state index is 12.0. The summed E-state index contributed by atoms with van der Waals surface area (Å²) in [4.78, 5) is 20.3. The number of hydrogen-bond donors (Lipinski definition) is 2. The van der Waals surface area contributed by atoms with Crippen molar-refractivity contribution in [3.8, 4) is 5.88 Å². The predicted molar refractivity (Wildman–Crippen MR) is 77.6 cm³/mol. The zero-order valence-electron chi connectivity index (χ0n) is 10.6. The molecule has 2 heterocycles. The molecule has 0 fully saturated rings. The molecule has 0 bridgehead atoms. The highest BCUT2D eigenvalue weighted by molar-refractivity contribution is 7.16. The number of anilines is 1. The fourth-order valence-corrected chi connectivity index (χ4v) is 2.71. The third kappa shape index (κ3) is 2.10. The summed E-state index contributed by atoms with van der Waals surface area (Å²) in [5, 5.41) is 11.4.